The molecule has 1 nitrogen and oxygen atoms in total. The molecule has 0 amide bonds. The molecule has 0 spiro atoms. The van der Waals surface area contributed by atoms with Crippen LogP contribution >= 0.6 is 0 Å². The molecular formula is C14H29N. The van der Waals surface area contributed by atoms with Gasteiger partial charge in [-0.05, 0) is 25.8 Å². The zero-order chi connectivity index (χ0) is 10.9. The third-order valence-electron chi connectivity index (χ3n) is 3.91. The third-order valence-corrected chi connectivity index (χ3v) is 3.91. The summed E-state index contributed by atoms with van der Waals surface area (Å²) in [5.74, 6) is 1.03. The van der Waals surface area contributed by atoms with Crippen molar-refractivity contribution in [2.75, 3.05) is 7.05 Å². The molecule has 1 rings (SSSR count). The Labute approximate surface area is 96.0 Å². The summed E-state index contributed by atoms with van der Waals surface area (Å²) >= 11 is 0. The maximum atomic E-state index is 3.51. The van der Waals surface area contributed by atoms with Gasteiger partial charge in [0.15, 0.2) is 0 Å². The summed E-state index contributed by atoms with van der Waals surface area (Å²) in [5.41, 5.74) is 0. The summed E-state index contributed by atoms with van der Waals surface area (Å²) < 4.78 is 0. The monoisotopic (exact) mass is 211 g/mol. The molecule has 90 valence electrons. The van der Waals surface area contributed by atoms with Crippen LogP contribution in [-0.2, 0) is 0 Å². The van der Waals surface area contributed by atoms with E-state index in [1.54, 1.807) is 0 Å². The van der Waals surface area contributed by atoms with E-state index in [9.17, 15) is 0 Å². The van der Waals surface area contributed by atoms with Crippen molar-refractivity contribution < 1.29 is 0 Å². The van der Waals surface area contributed by atoms with Crippen molar-refractivity contribution in [3.05, 3.63) is 0 Å². The van der Waals surface area contributed by atoms with E-state index >= 15 is 0 Å². The van der Waals surface area contributed by atoms with Gasteiger partial charge in [0.05, 0.1) is 0 Å². The molecule has 1 heteroatoms. The Morgan fingerprint density at radius 2 is 1.87 bits per heavy atom. The van der Waals surface area contributed by atoms with E-state index in [2.05, 4.69) is 19.3 Å². The Morgan fingerprint density at radius 1 is 1.13 bits per heavy atom. The van der Waals surface area contributed by atoms with Crippen molar-refractivity contribution in [3.63, 3.8) is 0 Å². The van der Waals surface area contributed by atoms with Crippen molar-refractivity contribution in [1.29, 1.82) is 0 Å². The molecule has 0 heterocycles. The van der Waals surface area contributed by atoms with Crippen LogP contribution in [0.25, 0.3) is 0 Å². The van der Waals surface area contributed by atoms with Gasteiger partial charge in [0.2, 0.25) is 0 Å². The topological polar surface area (TPSA) is 12.0 Å². The van der Waals surface area contributed by atoms with Crippen LogP contribution in [0.5, 0.6) is 0 Å². The van der Waals surface area contributed by atoms with Crippen molar-refractivity contribution in [2.45, 2.75) is 77.2 Å². The van der Waals surface area contributed by atoms with Gasteiger partial charge in [0.25, 0.3) is 0 Å². The van der Waals surface area contributed by atoms with Gasteiger partial charge in [-0.2, -0.15) is 0 Å². The van der Waals surface area contributed by atoms with Crippen LogP contribution in [0.3, 0.4) is 0 Å². The minimum Gasteiger partial charge on any atom is -0.317 e. The summed E-state index contributed by atoms with van der Waals surface area (Å²) in [6.45, 7) is 2.29. The van der Waals surface area contributed by atoms with E-state index in [-0.39, 0.29) is 0 Å². The number of hydrogen-bond acceptors (Lipinski definition) is 1. The predicted molar refractivity (Wildman–Crippen MR) is 68.2 cm³/mol. The second kappa shape index (κ2) is 8.15. The van der Waals surface area contributed by atoms with E-state index in [1.165, 1.54) is 64.2 Å². The molecule has 0 aromatic heterocycles. The van der Waals surface area contributed by atoms with Crippen molar-refractivity contribution in [2.24, 2.45) is 5.92 Å². The van der Waals surface area contributed by atoms with E-state index < -0.39 is 0 Å². The van der Waals surface area contributed by atoms with Gasteiger partial charge in [0, 0.05) is 6.04 Å². The van der Waals surface area contributed by atoms with Gasteiger partial charge in [0.1, 0.15) is 0 Å². The first-order valence-electron chi connectivity index (χ1n) is 7.04. The molecule has 0 aromatic rings. The molecule has 1 aliphatic rings. The predicted octanol–water partition coefficient (Wildman–Crippen LogP) is 4.13. The van der Waals surface area contributed by atoms with Crippen LogP contribution in [0.4, 0.5) is 0 Å². The largest absolute Gasteiger partial charge is 0.317 e. The molecule has 1 N–H and O–H groups in total. The molecule has 1 aliphatic carbocycles. The maximum Gasteiger partial charge on any atom is 0.00667 e. The summed E-state index contributed by atoms with van der Waals surface area (Å²) in [6.07, 6.45) is 14.4. The second-order valence-electron chi connectivity index (χ2n) is 5.22. The average Bonchev–Trinajstić information content (AvgIpc) is 2.29. The van der Waals surface area contributed by atoms with Crippen LogP contribution < -0.4 is 5.32 Å². The zero-order valence-corrected chi connectivity index (χ0v) is 10.7. The number of nitrogens with one attached hydrogen (secondary N) is 1. The summed E-state index contributed by atoms with van der Waals surface area (Å²) in [4.78, 5) is 0. The van der Waals surface area contributed by atoms with Gasteiger partial charge >= 0.3 is 0 Å². The summed E-state index contributed by atoms with van der Waals surface area (Å²) in [6, 6.07) is 0.791. The molecule has 0 aliphatic heterocycles. The van der Waals surface area contributed by atoms with E-state index in [1.807, 2.05) is 0 Å². The molecule has 1 atom stereocenters. The molecule has 0 aromatic carbocycles. The standard InChI is InChI=1S/C14H29N/c1-3-4-6-11-14(15-2)12-13-9-7-5-8-10-13/h13-15H,3-12H2,1-2H3. The number of unbranched alkanes of at least 4 members (excludes halogenated alkanes) is 2. The van der Waals surface area contributed by atoms with E-state index in [0.29, 0.717) is 0 Å². The Kier molecular flexibility index (Phi) is 7.08. The normalized spacial score (nSPS) is 20.4. The van der Waals surface area contributed by atoms with Gasteiger partial charge in [-0.15, -0.1) is 0 Å². The first-order valence-corrected chi connectivity index (χ1v) is 7.04. The minimum absolute atomic E-state index is 0.791. The quantitative estimate of drug-likeness (QED) is 0.624. The smallest absolute Gasteiger partial charge is 0.00667 e. The van der Waals surface area contributed by atoms with Gasteiger partial charge in [-0.3, -0.25) is 0 Å². The maximum absolute atomic E-state index is 3.51. The number of hydrogen-bond donors (Lipinski definition) is 1. The Hall–Kier alpha value is -0.0400. The lowest BCUT2D eigenvalue weighted by Crippen LogP contribution is -2.28. The van der Waals surface area contributed by atoms with E-state index in [0.717, 1.165) is 12.0 Å². The Bertz CT molecular complexity index is 138. The lowest BCUT2D eigenvalue weighted by atomic mass is 9.84. The Morgan fingerprint density at radius 3 is 2.47 bits per heavy atom. The lowest BCUT2D eigenvalue weighted by molar-refractivity contribution is 0.294. The highest BCUT2D eigenvalue weighted by atomic mass is 14.9. The van der Waals surface area contributed by atoms with Crippen molar-refractivity contribution >= 4 is 0 Å². The molecule has 1 fully saturated rings. The molecular weight excluding hydrogens is 182 g/mol. The summed E-state index contributed by atoms with van der Waals surface area (Å²) in [7, 11) is 2.14. The summed E-state index contributed by atoms with van der Waals surface area (Å²) in [5, 5.41) is 3.51. The van der Waals surface area contributed by atoms with Crippen LogP contribution in [0, 0.1) is 5.92 Å². The first-order chi connectivity index (χ1) is 7.36. The lowest BCUT2D eigenvalue weighted by Gasteiger charge is -2.26. The van der Waals surface area contributed by atoms with Crippen LogP contribution in [0.15, 0.2) is 0 Å². The molecule has 1 saturated carbocycles. The highest BCUT2D eigenvalue weighted by Gasteiger charge is 2.17. The third kappa shape index (κ3) is 5.55. The minimum atomic E-state index is 0.791. The SMILES string of the molecule is CCCCCC(CC1CCCCC1)NC. The fourth-order valence-electron chi connectivity index (χ4n) is 2.85. The fourth-order valence-corrected chi connectivity index (χ4v) is 2.85. The van der Waals surface area contributed by atoms with Gasteiger partial charge < -0.3 is 5.32 Å². The molecule has 0 saturated heterocycles. The van der Waals surface area contributed by atoms with Crippen LogP contribution in [0.1, 0.15) is 71.1 Å². The van der Waals surface area contributed by atoms with Crippen LogP contribution in [-0.4, -0.2) is 13.1 Å². The van der Waals surface area contributed by atoms with Gasteiger partial charge in [-0.25, -0.2) is 0 Å². The zero-order valence-electron chi connectivity index (χ0n) is 10.7. The van der Waals surface area contributed by atoms with Crippen LogP contribution in [0.2, 0.25) is 0 Å². The Balaban J connectivity index is 2.13. The molecule has 1 unspecified atom stereocenters. The number of rotatable bonds is 7. The molecule has 0 bridgehead atoms. The molecule has 0 radical (unpaired) electrons. The highest BCUT2D eigenvalue weighted by Crippen LogP contribution is 2.28. The van der Waals surface area contributed by atoms with Crippen molar-refractivity contribution in [1.82, 2.24) is 5.32 Å². The fraction of sp³-hybridized carbons (Fsp3) is 1.00. The molecule has 15 heavy (non-hydrogen) atoms. The second-order valence-corrected chi connectivity index (χ2v) is 5.22. The average molecular weight is 211 g/mol. The highest BCUT2D eigenvalue weighted by molar-refractivity contribution is 4.73. The van der Waals surface area contributed by atoms with Crippen molar-refractivity contribution in [3.8, 4) is 0 Å². The first kappa shape index (κ1) is 13.0. The van der Waals surface area contributed by atoms with Gasteiger partial charge in [-0.1, -0.05) is 58.3 Å². The van der Waals surface area contributed by atoms with E-state index in [4.69, 9.17) is 0 Å².